The Morgan fingerprint density at radius 3 is 1.92 bits per heavy atom. The molecule has 0 heterocycles. The van der Waals surface area contributed by atoms with Crippen molar-refractivity contribution in [1.82, 2.24) is 0 Å². The van der Waals surface area contributed by atoms with E-state index in [1.54, 1.807) is 0 Å². The molecule has 2 nitrogen and oxygen atoms in total. The standard InChI is InChI=1S/C6H4Cl2O2S.Na/c7-4-1-5(8)3-6(2-4)11(9)10;/h1-3H,(H,9,10);. The summed E-state index contributed by atoms with van der Waals surface area (Å²) < 4.78 is 19.1. The molecule has 1 aromatic carbocycles. The van der Waals surface area contributed by atoms with Gasteiger partial charge in [-0.25, -0.2) is 4.21 Å². The van der Waals surface area contributed by atoms with Gasteiger partial charge in [-0.1, -0.05) is 23.2 Å². The third kappa shape index (κ3) is 3.75. The topological polar surface area (TPSA) is 37.3 Å². The molecule has 1 atom stereocenters. The van der Waals surface area contributed by atoms with Crippen LogP contribution in [0.5, 0.6) is 0 Å². The van der Waals surface area contributed by atoms with Crippen molar-refractivity contribution in [2.45, 2.75) is 4.90 Å². The summed E-state index contributed by atoms with van der Waals surface area (Å²) in [5.74, 6) is 0. The van der Waals surface area contributed by atoms with Crippen LogP contribution in [0.4, 0.5) is 0 Å². The van der Waals surface area contributed by atoms with Crippen molar-refractivity contribution < 1.29 is 8.76 Å². The first-order valence-corrected chi connectivity index (χ1v) is 4.53. The first-order valence-electron chi connectivity index (χ1n) is 2.66. The van der Waals surface area contributed by atoms with E-state index in [9.17, 15) is 4.21 Å². The van der Waals surface area contributed by atoms with Crippen LogP contribution in [-0.2, 0) is 11.1 Å². The van der Waals surface area contributed by atoms with Crippen molar-refractivity contribution >= 4 is 63.8 Å². The maximum absolute atomic E-state index is 10.5. The fourth-order valence-corrected chi connectivity index (χ4v) is 1.74. The number of rotatable bonds is 1. The summed E-state index contributed by atoms with van der Waals surface area (Å²) in [4.78, 5) is 0.211. The molecule has 6 heteroatoms. The van der Waals surface area contributed by atoms with E-state index in [1.165, 1.54) is 18.2 Å². The second-order valence-corrected chi connectivity index (χ2v) is 3.70. The first-order chi connectivity index (χ1) is 5.09. The van der Waals surface area contributed by atoms with Gasteiger partial charge in [-0.2, -0.15) is 0 Å². The van der Waals surface area contributed by atoms with Crippen LogP contribution in [0, 0.1) is 0 Å². The number of hydrogen-bond donors (Lipinski definition) is 1. The molecule has 0 fully saturated rings. The zero-order chi connectivity index (χ0) is 8.43. The van der Waals surface area contributed by atoms with Crippen LogP contribution in [0.1, 0.15) is 0 Å². The van der Waals surface area contributed by atoms with E-state index in [2.05, 4.69) is 0 Å². The summed E-state index contributed by atoms with van der Waals surface area (Å²) in [7, 11) is 0. The van der Waals surface area contributed by atoms with Gasteiger partial charge in [-0.15, -0.1) is 0 Å². The summed E-state index contributed by atoms with van der Waals surface area (Å²) in [5.41, 5.74) is 0. The molecule has 1 rings (SSSR count). The molecule has 0 saturated carbocycles. The first kappa shape index (κ1) is 12.9. The number of hydrogen-bond acceptors (Lipinski definition) is 1. The second kappa shape index (κ2) is 5.60. The molecular formula is C6H4Cl2NaO2S. The maximum atomic E-state index is 10.5. The Morgan fingerprint density at radius 1 is 1.17 bits per heavy atom. The van der Waals surface area contributed by atoms with Crippen molar-refractivity contribution in [2.75, 3.05) is 0 Å². The molecule has 0 aromatic heterocycles. The number of benzene rings is 1. The van der Waals surface area contributed by atoms with Gasteiger partial charge >= 0.3 is 0 Å². The molecule has 1 unspecified atom stereocenters. The van der Waals surface area contributed by atoms with E-state index in [0.29, 0.717) is 10.0 Å². The predicted molar refractivity (Wildman–Crippen MR) is 51.3 cm³/mol. The van der Waals surface area contributed by atoms with E-state index in [0.717, 1.165) is 0 Å². The predicted octanol–water partition coefficient (Wildman–Crippen LogP) is 2.19. The van der Waals surface area contributed by atoms with Gasteiger partial charge in [0.15, 0.2) is 11.1 Å². The third-order valence-electron chi connectivity index (χ3n) is 1.04. The molecule has 0 aliphatic heterocycles. The summed E-state index contributed by atoms with van der Waals surface area (Å²) in [6, 6.07) is 4.28. The summed E-state index contributed by atoms with van der Waals surface area (Å²) in [6.07, 6.45) is 0. The van der Waals surface area contributed by atoms with E-state index in [-0.39, 0.29) is 34.5 Å². The van der Waals surface area contributed by atoms with Crippen molar-refractivity contribution in [2.24, 2.45) is 0 Å². The van der Waals surface area contributed by atoms with Gasteiger partial charge in [0, 0.05) is 39.6 Å². The van der Waals surface area contributed by atoms with Crippen LogP contribution in [-0.4, -0.2) is 38.3 Å². The van der Waals surface area contributed by atoms with Crippen LogP contribution < -0.4 is 0 Å². The molecule has 0 amide bonds. The SMILES string of the molecule is O=S(O)c1cc(Cl)cc(Cl)c1.[Na]. The van der Waals surface area contributed by atoms with E-state index < -0.39 is 11.1 Å². The Labute approximate surface area is 105 Å². The molecule has 0 bridgehead atoms. The summed E-state index contributed by atoms with van der Waals surface area (Å²) >= 11 is 9.11. The van der Waals surface area contributed by atoms with Gasteiger partial charge in [0.2, 0.25) is 0 Å². The van der Waals surface area contributed by atoms with E-state index in [4.69, 9.17) is 27.8 Å². The third-order valence-corrected chi connectivity index (χ3v) is 2.11. The Hall–Kier alpha value is 0.910. The quantitative estimate of drug-likeness (QED) is 0.597. The van der Waals surface area contributed by atoms with Gasteiger partial charge in [0.25, 0.3) is 0 Å². The average Bonchev–Trinajstić information content (AvgIpc) is 1.85. The molecule has 0 aliphatic rings. The van der Waals surface area contributed by atoms with Gasteiger partial charge < -0.3 is 4.55 Å². The molecule has 12 heavy (non-hydrogen) atoms. The molecule has 61 valence electrons. The summed E-state index contributed by atoms with van der Waals surface area (Å²) in [5, 5.41) is 0.713. The fraction of sp³-hybridized carbons (Fsp3) is 0. The molecule has 0 saturated heterocycles. The van der Waals surface area contributed by atoms with Crippen molar-refractivity contribution in [3.05, 3.63) is 28.2 Å². The van der Waals surface area contributed by atoms with E-state index in [1.807, 2.05) is 0 Å². The smallest absolute Gasteiger partial charge is 0.186 e. The van der Waals surface area contributed by atoms with Crippen LogP contribution in [0.3, 0.4) is 0 Å². The molecule has 0 spiro atoms. The van der Waals surface area contributed by atoms with Crippen LogP contribution >= 0.6 is 23.2 Å². The normalized spacial score (nSPS) is 11.9. The fourth-order valence-electron chi connectivity index (χ4n) is 0.629. The summed E-state index contributed by atoms with van der Waals surface area (Å²) in [6.45, 7) is 0. The molecular weight excluding hydrogens is 230 g/mol. The Bertz CT molecular complexity index is 285. The van der Waals surface area contributed by atoms with Crippen LogP contribution in [0.15, 0.2) is 23.1 Å². The minimum Gasteiger partial charge on any atom is -0.302 e. The Kier molecular flexibility index (Phi) is 6.03. The zero-order valence-electron chi connectivity index (χ0n) is 6.25. The van der Waals surface area contributed by atoms with Crippen molar-refractivity contribution in [1.29, 1.82) is 0 Å². The van der Waals surface area contributed by atoms with Crippen molar-refractivity contribution in [3.8, 4) is 0 Å². The minimum absolute atomic E-state index is 0. The van der Waals surface area contributed by atoms with Gasteiger partial charge in [-0.3, -0.25) is 0 Å². The Morgan fingerprint density at radius 2 is 1.58 bits per heavy atom. The second-order valence-electron chi connectivity index (χ2n) is 1.85. The minimum atomic E-state index is -2.02. The van der Waals surface area contributed by atoms with Gasteiger partial charge in [0.05, 0.1) is 4.90 Å². The largest absolute Gasteiger partial charge is 0.302 e. The van der Waals surface area contributed by atoms with Crippen LogP contribution in [0.2, 0.25) is 10.0 Å². The monoisotopic (exact) mass is 233 g/mol. The van der Waals surface area contributed by atoms with E-state index >= 15 is 0 Å². The van der Waals surface area contributed by atoms with Crippen LogP contribution in [0.25, 0.3) is 0 Å². The van der Waals surface area contributed by atoms with Gasteiger partial charge in [-0.05, 0) is 18.2 Å². The molecule has 0 aliphatic carbocycles. The Balaban J connectivity index is 0.00000121. The zero-order valence-corrected chi connectivity index (χ0v) is 10.6. The molecule has 1 N–H and O–H groups in total. The molecule has 1 aromatic rings. The number of halogens is 2. The average molecular weight is 234 g/mol. The van der Waals surface area contributed by atoms with Crippen molar-refractivity contribution in [3.63, 3.8) is 0 Å². The maximum Gasteiger partial charge on any atom is 0.186 e. The molecule has 1 radical (unpaired) electrons. The van der Waals surface area contributed by atoms with Gasteiger partial charge in [0.1, 0.15) is 0 Å².